The molecule has 11 heteroatoms. The summed E-state index contributed by atoms with van der Waals surface area (Å²) in [4.78, 5) is -0.485. The van der Waals surface area contributed by atoms with Crippen molar-refractivity contribution in [3.8, 4) is 0 Å². The average molecular weight is 442 g/mol. The van der Waals surface area contributed by atoms with Crippen molar-refractivity contribution >= 4 is 61.0 Å². The second kappa shape index (κ2) is 10.3. The summed E-state index contributed by atoms with van der Waals surface area (Å²) in [5, 5.41) is 0.794. The van der Waals surface area contributed by atoms with Crippen molar-refractivity contribution in [3.63, 3.8) is 0 Å². The Morgan fingerprint density at radius 1 is 0.739 bits per heavy atom. The van der Waals surface area contributed by atoms with Gasteiger partial charge >= 0.3 is 8.26 Å². The normalized spacial score (nSPS) is 10.7. The summed E-state index contributed by atoms with van der Waals surface area (Å²) in [5.41, 5.74) is 0. The monoisotopic (exact) mass is 440 g/mol. The average Bonchev–Trinajstić information content (AvgIpc) is 2.37. The predicted octanol–water partition coefficient (Wildman–Crippen LogP) is 4.80. The molecular formula is C12H9Cl4FO4S2. The number of rotatable bonds is 1. The SMILES string of the molecule is Clc1ccccc1.O=S(=O)(Cl)Cl.O=S(=O)(Cl)c1ccccc1F. The molecule has 0 radical (unpaired) electrons. The van der Waals surface area contributed by atoms with Crippen molar-refractivity contribution < 1.29 is 21.2 Å². The van der Waals surface area contributed by atoms with E-state index in [1.807, 2.05) is 30.3 Å². The summed E-state index contributed by atoms with van der Waals surface area (Å²) in [5.74, 6) is -0.831. The molecule has 0 aliphatic carbocycles. The van der Waals surface area contributed by atoms with Crippen LogP contribution < -0.4 is 0 Å². The van der Waals surface area contributed by atoms with Crippen LogP contribution in [0.25, 0.3) is 0 Å². The Kier molecular flexibility index (Phi) is 10.1. The number of halogens is 5. The van der Waals surface area contributed by atoms with Crippen molar-refractivity contribution in [1.82, 2.24) is 0 Å². The van der Waals surface area contributed by atoms with E-state index in [1.165, 1.54) is 12.1 Å². The van der Waals surface area contributed by atoms with Gasteiger partial charge in [-0.15, -0.1) is 0 Å². The fraction of sp³-hybridized carbons (Fsp3) is 0. The maximum atomic E-state index is 12.6. The van der Waals surface area contributed by atoms with Gasteiger partial charge in [-0.1, -0.05) is 41.9 Å². The first kappa shape index (κ1) is 22.4. The van der Waals surface area contributed by atoms with Crippen LogP contribution in [0.2, 0.25) is 5.02 Å². The van der Waals surface area contributed by atoms with E-state index in [2.05, 4.69) is 21.4 Å². The molecule has 0 fully saturated rings. The minimum Gasteiger partial charge on any atom is -0.207 e. The standard InChI is InChI=1S/C6H4ClFO2S.C6H5Cl.Cl2O2S/c7-11(9,10)6-4-2-1-3-5(6)8;7-6-4-2-1-3-5-6;1-5(2,3)4/h1-4H;1-5H;. The van der Waals surface area contributed by atoms with Crippen LogP contribution in [0.1, 0.15) is 0 Å². The first-order valence-corrected chi connectivity index (χ1v) is 11.3. The predicted molar refractivity (Wildman–Crippen MR) is 91.5 cm³/mol. The maximum Gasteiger partial charge on any atom is 0.317 e. The molecule has 0 aliphatic heterocycles. The van der Waals surface area contributed by atoms with E-state index in [0.29, 0.717) is 0 Å². The molecule has 0 spiro atoms. The van der Waals surface area contributed by atoms with E-state index in [9.17, 15) is 12.8 Å². The third kappa shape index (κ3) is 13.6. The fourth-order valence-corrected chi connectivity index (χ4v) is 2.12. The molecule has 0 atom stereocenters. The van der Waals surface area contributed by atoms with Crippen LogP contribution in [0.15, 0.2) is 59.5 Å². The van der Waals surface area contributed by atoms with Crippen LogP contribution in [0, 0.1) is 5.82 Å². The van der Waals surface area contributed by atoms with Crippen LogP contribution in [-0.2, 0) is 17.3 Å². The summed E-state index contributed by atoms with van der Waals surface area (Å²) >= 11 is 5.54. The van der Waals surface area contributed by atoms with Gasteiger partial charge in [0.2, 0.25) is 0 Å². The first-order valence-electron chi connectivity index (χ1n) is 5.45. The van der Waals surface area contributed by atoms with Gasteiger partial charge in [0.25, 0.3) is 9.05 Å². The van der Waals surface area contributed by atoms with Crippen LogP contribution in [0.4, 0.5) is 4.39 Å². The van der Waals surface area contributed by atoms with Gasteiger partial charge in [-0.05, 0) is 24.3 Å². The van der Waals surface area contributed by atoms with Crippen LogP contribution in [0.3, 0.4) is 0 Å². The molecule has 128 valence electrons. The highest BCUT2D eigenvalue weighted by Gasteiger charge is 2.13. The highest BCUT2D eigenvalue weighted by Crippen LogP contribution is 2.17. The topological polar surface area (TPSA) is 68.3 Å². The molecule has 0 amide bonds. The lowest BCUT2D eigenvalue weighted by Gasteiger charge is -1.95. The summed E-state index contributed by atoms with van der Waals surface area (Å²) in [6, 6.07) is 14.4. The zero-order valence-electron chi connectivity index (χ0n) is 11.0. The Morgan fingerprint density at radius 2 is 1.13 bits per heavy atom. The third-order valence-corrected chi connectivity index (χ3v) is 3.44. The molecule has 0 aliphatic rings. The Hall–Kier alpha value is -0.570. The van der Waals surface area contributed by atoms with E-state index in [0.717, 1.165) is 17.2 Å². The minimum absolute atomic E-state index is 0.485. The van der Waals surface area contributed by atoms with E-state index in [1.54, 1.807) is 0 Å². The van der Waals surface area contributed by atoms with E-state index < -0.39 is 28.0 Å². The lowest BCUT2D eigenvalue weighted by molar-refractivity contribution is 0.575. The molecule has 0 bridgehead atoms. The van der Waals surface area contributed by atoms with E-state index in [4.69, 9.17) is 30.7 Å². The zero-order chi connectivity index (χ0) is 18.1. The van der Waals surface area contributed by atoms with Crippen molar-refractivity contribution in [3.05, 3.63) is 65.4 Å². The van der Waals surface area contributed by atoms with Gasteiger partial charge in [0.15, 0.2) is 0 Å². The fourth-order valence-electron chi connectivity index (χ4n) is 1.06. The number of hydrogen-bond donors (Lipinski definition) is 0. The maximum absolute atomic E-state index is 12.6. The van der Waals surface area contributed by atoms with Crippen LogP contribution in [0.5, 0.6) is 0 Å². The zero-order valence-corrected chi connectivity index (χ0v) is 15.7. The largest absolute Gasteiger partial charge is 0.317 e. The second-order valence-corrected chi connectivity index (χ2v) is 10.2. The molecule has 0 unspecified atom stereocenters. The molecule has 0 heterocycles. The van der Waals surface area contributed by atoms with E-state index >= 15 is 0 Å². The van der Waals surface area contributed by atoms with Crippen LogP contribution >= 0.6 is 43.6 Å². The summed E-state index contributed by atoms with van der Waals surface area (Å²) in [6.45, 7) is 0. The molecule has 23 heavy (non-hydrogen) atoms. The second-order valence-electron chi connectivity index (χ2n) is 3.54. The van der Waals surface area contributed by atoms with Gasteiger partial charge in [-0.25, -0.2) is 12.8 Å². The molecule has 2 rings (SSSR count). The van der Waals surface area contributed by atoms with Crippen molar-refractivity contribution in [2.24, 2.45) is 0 Å². The van der Waals surface area contributed by atoms with Gasteiger partial charge in [-0.2, -0.15) is 8.42 Å². The summed E-state index contributed by atoms with van der Waals surface area (Å²) in [7, 11) is 5.77. The molecule has 2 aromatic rings. The minimum atomic E-state index is -3.94. The van der Waals surface area contributed by atoms with Crippen molar-refractivity contribution in [2.75, 3.05) is 0 Å². The highest BCUT2D eigenvalue weighted by atomic mass is 36.0. The molecule has 0 saturated carbocycles. The van der Waals surface area contributed by atoms with Gasteiger partial charge < -0.3 is 0 Å². The molecule has 0 N–H and O–H groups in total. The summed E-state index contributed by atoms with van der Waals surface area (Å²) in [6.07, 6.45) is 0. The van der Waals surface area contributed by atoms with Crippen molar-refractivity contribution in [2.45, 2.75) is 4.90 Å². The van der Waals surface area contributed by atoms with Gasteiger partial charge in [0, 0.05) is 37.1 Å². The Labute approximate surface area is 152 Å². The quantitative estimate of drug-likeness (QED) is 0.596. The molecule has 2 aromatic carbocycles. The van der Waals surface area contributed by atoms with E-state index in [-0.39, 0.29) is 0 Å². The number of hydrogen-bond acceptors (Lipinski definition) is 4. The van der Waals surface area contributed by atoms with Crippen molar-refractivity contribution in [1.29, 1.82) is 0 Å². The van der Waals surface area contributed by atoms with Crippen LogP contribution in [-0.4, -0.2) is 16.8 Å². The lowest BCUT2D eigenvalue weighted by Crippen LogP contribution is -1.93. The number of benzene rings is 2. The Bertz CT molecular complexity index is 804. The smallest absolute Gasteiger partial charge is 0.207 e. The van der Waals surface area contributed by atoms with Gasteiger partial charge in [0.05, 0.1) is 0 Å². The molecular weight excluding hydrogens is 433 g/mol. The molecule has 4 nitrogen and oxygen atoms in total. The summed E-state index contributed by atoms with van der Waals surface area (Å²) < 4.78 is 52.1. The lowest BCUT2D eigenvalue weighted by atomic mass is 10.4. The molecule has 0 aromatic heterocycles. The Balaban J connectivity index is 0.000000347. The highest BCUT2D eigenvalue weighted by molar-refractivity contribution is 8.31. The van der Waals surface area contributed by atoms with Gasteiger partial charge in [-0.3, -0.25) is 0 Å². The Morgan fingerprint density at radius 3 is 1.39 bits per heavy atom. The first-order chi connectivity index (χ1) is 10.4. The van der Waals surface area contributed by atoms with Gasteiger partial charge in [0.1, 0.15) is 10.7 Å². The molecule has 0 saturated heterocycles. The third-order valence-electron chi connectivity index (χ3n) is 1.83.